The highest BCUT2D eigenvalue weighted by Gasteiger charge is 2.13. The van der Waals surface area contributed by atoms with Crippen LogP contribution in [0.25, 0.3) is 11.4 Å². The van der Waals surface area contributed by atoms with E-state index in [-0.39, 0.29) is 12.4 Å². The number of aromatic nitrogens is 2. The zero-order valence-electron chi connectivity index (χ0n) is 8.61. The molecule has 0 aliphatic heterocycles. The summed E-state index contributed by atoms with van der Waals surface area (Å²) >= 11 is 5.95. The fourth-order valence-corrected chi connectivity index (χ4v) is 1.70. The molecule has 3 nitrogen and oxygen atoms in total. The minimum absolute atomic E-state index is 0.234. The number of rotatable bonds is 2. The summed E-state index contributed by atoms with van der Waals surface area (Å²) in [7, 11) is 1.72. The van der Waals surface area contributed by atoms with Crippen LogP contribution in [-0.2, 0) is 13.7 Å². The van der Waals surface area contributed by atoms with E-state index in [0.717, 1.165) is 0 Å². The molecular weight excluding hydrogens is 231 g/mol. The Morgan fingerprint density at radius 1 is 1.50 bits per heavy atom. The lowest BCUT2D eigenvalue weighted by molar-refractivity contribution is 0.277. The second-order valence-electron chi connectivity index (χ2n) is 3.40. The average Bonchev–Trinajstić information content (AvgIpc) is 2.56. The van der Waals surface area contributed by atoms with Gasteiger partial charge in [0, 0.05) is 12.6 Å². The van der Waals surface area contributed by atoms with E-state index in [1.165, 1.54) is 12.1 Å². The maximum Gasteiger partial charge on any atom is 0.141 e. The molecule has 0 bridgehead atoms. The van der Waals surface area contributed by atoms with Crippen molar-refractivity contribution in [3.63, 3.8) is 0 Å². The highest BCUT2D eigenvalue weighted by atomic mass is 35.5. The van der Waals surface area contributed by atoms with Gasteiger partial charge in [-0.2, -0.15) is 0 Å². The lowest BCUT2D eigenvalue weighted by Gasteiger charge is -2.01. The van der Waals surface area contributed by atoms with Gasteiger partial charge in [-0.1, -0.05) is 23.7 Å². The number of hydrogen-bond acceptors (Lipinski definition) is 2. The average molecular weight is 241 g/mol. The zero-order chi connectivity index (χ0) is 11.7. The summed E-state index contributed by atoms with van der Waals surface area (Å²) in [4.78, 5) is 4.15. The van der Waals surface area contributed by atoms with Gasteiger partial charge in [-0.25, -0.2) is 9.37 Å². The molecule has 16 heavy (non-hydrogen) atoms. The third-order valence-corrected chi connectivity index (χ3v) is 2.80. The van der Waals surface area contributed by atoms with E-state index in [9.17, 15) is 4.39 Å². The van der Waals surface area contributed by atoms with Crippen LogP contribution in [0.3, 0.4) is 0 Å². The van der Waals surface area contributed by atoms with Crippen LogP contribution in [0.5, 0.6) is 0 Å². The highest BCUT2D eigenvalue weighted by molar-refractivity contribution is 6.30. The maximum absolute atomic E-state index is 13.1. The Morgan fingerprint density at radius 3 is 2.81 bits per heavy atom. The summed E-state index contributed by atoms with van der Waals surface area (Å²) < 4.78 is 14.7. The molecule has 2 aromatic rings. The molecule has 0 aliphatic rings. The SMILES string of the molecule is Cn1c(-c2cccc(F)c2)nc(CO)c1Cl. The smallest absolute Gasteiger partial charge is 0.141 e. The van der Waals surface area contributed by atoms with Crippen LogP contribution in [0.2, 0.25) is 5.15 Å². The van der Waals surface area contributed by atoms with Crippen LogP contribution in [0, 0.1) is 5.82 Å². The first-order valence-electron chi connectivity index (χ1n) is 4.71. The molecule has 1 N–H and O–H groups in total. The van der Waals surface area contributed by atoms with E-state index in [1.807, 2.05) is 0 Å². The highest BCUT2D eigenvalue weighted by Crippen LogP contribution is 2.25. The number of halogens is 2. The third kappa shape index (κ3) is 1.81. The fraction of sp³-hybridized carbons (Fsp3) is 0.182. The van der Waals surface area contributed by atoms with Crippen molar-refractivity contribution in [2.75, 3.05) is 0 Å². The Morgan fingerprint density at radius 2 is 2.25 bits per heavy atom. The number of hydrogen-bond donors (Lipinski definition) is 1. The minimum atomic E-state index is -0.331. The summed E-state index contributed by atoms with van der Waals surface area (Å²) in [6.45, 7) is -0.234. The van der Waals surface area contributed by atoms with E-state index < -0.39 is 0 Å². The number of aliphatic hydroxyl groups excluding tert-OH is 1. The molecule has 0 atom stereocenters. The molecule has 5 heteroatoms. The first-order valence-corrected chi connectivity index (χ1v) is 5.09. The number of aliphatic hydroxyl groups is 1. The molecule has 0 saturated carbocycles. The van der Waals surface area contributed by atoms with E-state index >= 15 is 0 Å². The zero-order valence-corrected chi connectivity index (χ0v) is 9.37. The van der Waals surface area contributed by atoms with Crippen molar-refractivity contribution >= 4 is 11.6 Å². The molecule has 1 aromatic heterocycles. The molecule has 84 valence electrons. The second-order valence-corrected chi connectivity index (χ2v) is 3.76. The quantitative estimate of drug-likeness (QED) is 0.875. The Labute approximate surface area is 97.1 Å². The van der Waals surface area contributed by atoms with E-state index in [2.05, 4.69) is 4.98 Å². The van der Waals surface area contributed by atoms with Crippen molar-refractivity contribution in [3.8, 4) is 11.4 Å². The van der Waals surface area contributed by atoms with Crippen LogP contribution < -0.4 is 0 Å². The molecular formula is C11H10ClFN2O. The second kappa shape index (κ2) is 4.23. The largest absolute Gasteiger partial charge is 0.390 e. The van der Waals surface area contributed by atoms with Crippen molar-refractivity contribution in [1.82, 2.24) is 9.55 Å². The van der Waals surface area contributed by atoms with Gasteiger partial charge in [-0.15, -0.1) is 0 Å². The van der Waals surface area contributed by atoms with E-state index in [0.29, 0.717) is 22.2 Å². The van der Waals surface area contributed by atoms with Gasteiger partial charge in [0.25, 0.3) is 0 Å². The Bertz CT molecular complexity index is 525. The van der Waals surface area contributed by atoms with Crippen molar-refractivity contribution < 1.29 is 9.50 Å². The molecule has 0 radical (unpaired) electrons. The first-order chi connectivity index (χ1) is 7.63. The molecule has 0 fully saturated rings. The molecule has 1 aromatic carbocycles. The summed E-state index contributed by atoms with van der Waals surface area (Å²) in [6, 6.07) is 6.08. The first kappa shape index (κ1) is 11.1. The molecule has 0 spiro atoms. The number of benzene rings is 1. The van der Waals surface area contributed by atoms with Crippen molar-refractivity contribution in [1.29, 1.82) is 0 Å². The minimum Gasteiger partial charge on any atom is -0.390 e. The standard InChI is InChI=1S/C11H10ClFN2O/c1-15-10(12)9(6-16)14-11(15)7-3-2-4-8(13)5-7/h2-5,16H,6H2,1H3. The molecule has 0 saturated heterocycles. The van der Waals surface area contributed by atoms with Crippen LogP contribution >= 0.6 is 11.6 Å². The molecule has 1 heterocycles. The third-order valence-electron chi connectivity index (χ3n) is 2.32. The molecule has 0 amide bonds. The predicted molar refractivity (Wildman–Crippen MR) is 59.5 cm³/mol. The van der Waals surface area contributed by atoms with Crippen LogP contribution in [0.4, 0.5) is 4.39 Å². The predicted octanol–water partition coefficient (Wildman–Crippen LogP) is 2.37. The van der Waals surface area contributed by atoms with Gasteiger partial charge >= 0.3 is 0 Å². The van der Waals surface area contributed by atoms with Gasteiger partial charge in [-0.3, -0.25) is 0 Å². The number of nitrogens with zero attached hydrogens (tertiary/aromatic N) is 2. The van der Waals surface area contributed by atoms with Crippen molar-refractivity contribution in [2.24, 2.45) is 7.05 Å². The molecule has 0 aliphatic carbocycles. The fourth-order valence-electron chi connectivity index (χ4n) is 1.52. The van der Waals surface area contributed by atoms with Gasteiger partial charge in [0.15, 0.2) is 0 Å². The summed E-state index contributed by atoms with van der Waals surface area (Å²) in [6.07, 6.45) is 0. The van der Waals surface area contributed by atoms with E-state index in [1.54, 1.807) is 23.7 Å². The van der Waals surface area contributed by atoms with Gasteiger partial charge in [-0.05, 0) is 12.1 Å². The molecule has 0 unspecified atom stereocenters. The van der Waals surface area contributed by atoms with Crippen LogP contribution in [0.1, 0.15) is 5.69 Å². The maximum atomic E-state index is 13.1. The Balaban J connectivity index is 2.56. The van der Waals surface area contributed by atoms with Crippen LogP contribution in [-0.4, -0.2) is 14.7 Å². The van der Waals surface area contributed by atoms with Crippen molar-refractivity contribution in [2.45, 2.75) is 6.61 Å². The lowest BCUT2D eigenvalue weighted by Crippen LogP contribution is -1.92. The number of imidazole rings is 1. The Hall–Kier alpha value is -1.39. The van der Waals surface area contributed by atoms with Gasteiger partial charge in [0.05, 0.1) is 6.61 Å². The van der Waals surface area contributed by atoms with Crippen LogP contribution in [0.15, 0.2) is 24.3 Å². The summed E-state index contributed by atoms with van der Waals surface area (Å²) in [5, 5.41) is 9.39. The van der Waals surface area contributed by atoms with Gasteiger partial charge in [0.2, 0.25) is 0 Å². The normalized spacial score (nSPS) is 10.8. The lowest BCUT2D eigenvalue weighted by atomic mass is 10.2. The Kier molecular flexibility index (Phi) is 2.94. The van der Waals surface area contributed by atoms with E-state index in [4.69, 9.17) is 16.7 Å². The van der Waals surface area contributed by atoms with Gasteiger partial charge in [0.1, 0.15) is 22.5 Å². The topological polar surface area (TPSA) is 38.0 Å². The monoisotopic (exact) mass is 240 g/mol. The summed E-state index contributed by atoms with van der Waals surface area (Å²) in [5.41, 5.74) is 1.02. The van der Waals surface area contributed by atoms with Crippen molar-refractivity contribution in [3.05, 3.63) is 40.9 Å². The van der Waals surface area contributed by atoms with Gasteiger partial charge < -0.3 is 9.67 Å². The molecule has 2 rings (SSSR count). The summed E-state index contributed by atoms with van der Waals surface area (Å²) in [5.74, 6) is 0.204.